The summed E-state index contributed by atoms with van der Waals surface area (Å²) in [6.45, 7) is 6.87. The summed E-state index contributed by atoms with van der Waals surface area (Å²) in [6.07, 6.45) is 4.10. The van der Waals surface area contributed by atoms with Crippen LogP contribution in [-0.4, -0.2) is 13.1 Å². The lowest BCUT2D eigenvalue weighted by molar-refractivity contribution is 0.408. The smallest absolute Gasteiger partial charge is 0.0175 e. The van der Waals surface area contributed by atoms with Crippen LogP contribution >= 0.6 is 15.9 Å². The zero-order valence-electron chi connectivity index (χ0n) is 11.5. The van der Waals surface area contributed by atoms with Gasteiger partial charge in [0.05, 0.1) is 0 Å². The topological polar surface area (TPSA) is 12.0 Å². The molecule has 0 spiro atoms. The first kappa shape index (κ1) is 14.1. The first-order valence-corrected chi connectivity index (χ1v) is 7.89. The number of hydrogen-bond donors (Lipinski definition) is 1. The van der Waals surface area contributed by atoms with Crippen LogP contribution in [0, 0.1) is 17.8 Å². The van der Waals surface area contributed by atoms with Gasteiger partial charge in [0.2, 0.25) is 0 Å². The van der Waals surface area contributed by atoms with E-state index in [0.29, 0.717) is 0 Å². The molecule has 0 heterocycles. The highest BCUT2D eigenvalue weighted by atomic mass is 79.9. The number of nitrogens with one attached hydrogen (secondary N) is 1. The van der Waals surface area contributed by atoms with Gasteiger partial charge in [-0.3, -0.25) is 0 Å². The fourth-order valence-electron chi connectivity index (χ4n) is 2.45. The van der Waals surface area contributed by atoms with Crippen molar-refractivity contribution in [1.29, 1.82) is 0 Å². The molecule has 1 N–H and O–H groups in total. The second kappa shape index (κ2) is 6.72. The summed E-state index contributed by atoms with van der Waals surface area (Å²) in [5.41, 5.74) is 1.47. The SMILES string of the molecule is CC(C)CNCC(Cc1ccc(Br)cc1)C1CC1. The molecule has 1 saturated carbocycles. The number of benzene rings is 1. The van der Waals surface area contributed by atoms with E-state index >= 15 is 0 Å². The first-order valence-electron chi connectivity index (χ1n) is 7.10. The summed E-state index contributed by atoms with van der Waals surface area (Å²) in [6, 6.07) is 8.81. The minimum atomic E-state index is 0.748. The van der Waals surface area contributed by atoms with Gasteiger partial charge in [-0.05, 0) is 67.8 Å². The molecule has 1 aliphatic rings. The Hall–Kier alpha value is -0.340. The van der Waals surface area contributed by atoms with Crippen LogP contribution in [-0.2, 0) is 6.42 Å². The van der Waals surface area contributed by atoms with Crippen molar-refractivity contribution in [3.05, 3.63) is 34.3 Å². The molecule has 0 saturated heterocycles. The molecule has 1 aromatic rings. The van der Waals surface area contributed by atoms with E-state index < -0.39 is 0 Å². The highest BCUT2D eigenvalue weighted by Gasteiger charge is 2.30. The highest BCUT2D eigenvalue weighted by molar-refractivity contribution is 9.10. The molecule has 0 amide bonds. The van der Waals surface area contributed by atoms with E-state index in [9.17, 15) is 0 Å². The van der Waals surface area contributed by atoms with Gasteiger partial charge in [0.15, 0.2) is 0 Å². The standard InChI is InChI=1S/C16H24BrN/c1-12(2)10-18-11-15(14-5-6-14)9-13-3-7-16(17)8-4-13/h3-4,7-8,12,14-15,18H,5-6,9-11H2,1-2H3. The molecular formula is C16H24BrN. The first-order chi connectivity index (χ1) is 8.65. The largest absolute Gasteiger partial charge is 0.316 e. The predicted molar refractivity (Wildman–Crippen MR) is 81.8 cm³/mol. The summed E-state index contributed by atoms with van der Waals surface area (Å²) in [4.78, 5) is 0. The monoisotopic (exact) mass is 309 g/mol. The van der Waals surface area contributed by atoms with Gasteiger partial charge in [0.1, 0.15) is 0 Å². The molecule has 2 heteroatoms. The third-order valence-electron chi connectivity index (χ3n) is 3.66. The van der Waals surface area contributed by atoms with Crippen LogP contribution in [0.3, 0.4) is 0 Å². The molecule has 18 heavy (non-hydrogen) atoms. The molecule has 1 aliphatic carbocycles. The third-order valence-corrected chi connectivity index (χ3v) is 4.19. The lowest BCUT2D eigenvalue weighted by atomic mass is 9.94. The van der Waals surface area contributed by atoms with Gasteiger partial charge < -0.3 is 5.32 Å². The molecule has 1 atom stereocenters. The van der Waals surface area contributed by atoms with Gasteiger partial charge in [-0.25, -0.2) is 0 Å². The minimum absolute atomic E-state index is 0.748. The van der Waals surface area contributed by atoms with Crippen molar-refractivity contribution < 1.29 is 0 Å². The summed E-state index contributed by atoms with van der Waals surface area (Å²) in [7, 11) is 0. The van der Waals surface area contributed by atoms with Gasteiger partial charge in [-0.15, -0.1) is 0 Å². The Morgan fingerprint density at radius 2 is 1.83 bits per heavy atom. The van der Waals surface area contributed by atoms with E-state index in [1.54, 1.807) is 0 Å². The van der Waals surface area contributed by atoms with Gasteiger partial charge in [-0.2, -0.15) is 0 Å². The van der Waals surface area contributed by atoms with Crippen LogP contribution in [0.2, 0.25) is 0 Å². The van der Waals surface area contributed by atoms with E-state index in [0.717, 1.165) is 24.3 Å². The number of hydrogen-bond acceptors (Lipinski definition) is 1. The number of rotatable bonds is 7. The molecule has 1 unspecified atom stereocenters. The summed E-state index contributed by atoms with van der Waals surface area (Å²) >= 11 is 3.50. The van der Waals surface area contributed by atoms with Gasteiger partial charge in [0.25, 0.3) is 0 Å². The maximum atomic E-state index is 3.63. The number of halogens is 1. The Labute approximate surface area is 119 Å². The Morgan fingerprint density at radius 3 is 2.39 bits per heavy atom. The summed E-state index contributed by atoms with van der Waals surface area (Å²) in [5.74, 6) is 2.54. The molecular weight excluding hydrogens is 286 g/mol. The normalized spacial score (nSPS) is 17.1. The molecule has 0 aliphatic heterocycles. The average molecular weight is 310 g/mol. The Morgan fingerprint density at radius 1 is 1.17 bits per heavy atom. The van der Waals surface area contributed by atoms with E-state index in [1.165, 1.54) is 35.8 Å². The third kappa shape index (κ3) is 4.74. The van der Waals surface area contributed by atoms with E-state index in [4.69, 9.17) is 0 Å². The summed E-state index contributed by atoms with van der Waals surface area (Å²) < 4.78 is 1.17. The minimum Gasteiger partial charge on any atom is -0.316 e. The van der Waals surface area contributed by atoms with Crippen LogP contribution in [0.1, 0.15) is 32.3 Å². The Bertz CT molecular complexity index is 354. The predicted octanol–water partition coefficient (Wildman–Crippen LogP) is 4.26. The zero-order chi connectivity index (χ0) is 13.0. The van der Waals surface area contributed by atoms with Gasteiger partial charge in [0, 0.05) is 4.47 Å². The Kier molecular flexibility index (Phi) is 5.25. The average Bonchev–Trinajstić information content (AvgIpc) is 3.14. The van der Waals surface area contributed by atoms with Crippen molar-refractivity contribution >= 4 is 15.9 Å². The Balaban J connectivity index is 1.84. The molecule has 2 rings (SSSR count). The lowest BCUT2D eigenvalue weighted by Crippen LogP contribution is -2.28. The van der Waals surface area contributed by atoms with Gasteiger partial charge in [-0.1, -0.05) is 41.9 Å². The quantitative estimate of drug-likeness (QED) is 0.793. The molecule has 0 bridgehead atoms. The molecule has 1 fully saturated rings. The van der Waals surface area contributed by atoms with Crippen LogP contribution in [0.15, 0.2) is 28.7 Å². The molecule has 0 aromatic heterocycles. The molecule has 100 valence electrons. The maximum absolute atomic E-state index is 3.63. The second-order valence-corrected chi connectivity index (χ2v) is 6.90. The van der Waals surface area contributed by atoms with Crippen molar-refractivity contribution in [2.24, 2.45) is 17.8 Å². The summed E-state index contributed by atoms with van der Waals surface area (Å²) in [5, 5.41) is 3.63. The van der Waals surface area contributed by atoms with Crippen molar-refractivity contribution in [3.63, 3.8) is 0 Å². The lowest BCUT2D eigenvalue weighted by Gasteiger charge is -2.18. The van der Waals surface area contributed by atoms with Crippen LogP contribution in [0.25, 0.3) is 0 Å². The maximum Gasteiger partial charge on any atom is 0.0175 e. The van der Waals surface area contributed by atoms with Gasteiger partial charge >= 0.3 is 0 Å². The van der Waals surface area contributed by atoms with Crippen molar-refractivity contribution in [1.82, 2.24) is 5.32 Å². The zero-order valence-corrected chi connectivity index (χ0v) is 13.0. The molecule has 1 aromatic carbocycles. The fraction of sp³-hybridized carbons (Fsp3) is 0.625. The van der Waals surface area contributed by atoms with Crippen LogP contribution in [0.5, 0.6) is 0 Å². The van der Waals surface area contributed by atoms with Crippen molar-refractivity contribution in [2.75, 3.05) is 13.1 Å². The second-order valence-electron chi connectivity index (χ2n) is 5.98. The fourth-order valence-corrected chi connectivity index (χ4v) is 2.72. The van der Waals surface area contributed by atoms with E-state index in [2.05, 4.69) is 59.4 Å². The highest BCUT2D eigenvalue weighted by Crippen LogP contribution is 2.38. The van der Waals surface area contributed by atoms with E-state index in [-0.39, 0.29) is 0 Å². The van der Waals surface area contributed by atoms with Crippen LogP contribution < -0.4 is 5.32 Å². The van der Waals surface area contributed by atoms with Crippen molar-refractivity contribution in [3.8, 4) is 0 Å². The van der Waals surface area contributed by atoms with Crippen LogP contribution in [0.4, 0.5) is 0 Å². The molecule has 0 radical (unpaired) electrons. The van der Waals surface area contributed by atoms with Crippen molar-refractivity contribution in [2.45, 2.75) is 33.1 Å². The van der Waals surface area contributed by atoms with E-state index in [1.807, 2.05) is 0 Å². The molecule has 1 nitrogen and oxygen atoms in total.